The second kappa shape index (κ2) is 7.77. The number of hydrogen-bond acceptors (Lipinski definition) is 3. The molecule has 0 bridgehead atoms. The molecule has 1 heterocycles. The van der Waals surface area contributed by atoms with Gasteiger partial charge in [0.05, 0.1) is 11.3 Å². The lowest BCUT2D eigenvalue weighted by molar-refractivity contribution is 1.17. The lowest BCUT2D eigenvalue weighted by Gasteiger charge is -2.00. The van der Waals surface area contributed by atoms with Crippen LogP contribution in [0.5, 0.6) is 0 Å². The largest absolute Gasteiger partial charge is 0.235 e. The van der Waals surface area contributed by atoms with Gasteiger partial charge in [0.2, 0.25) is 0 Å². The summed E-state index contributed by atoms with van der Waals surface area (Å²) in [5.74, 6) is 0. The van der Waals surface area contributed by atoms with Crippen molar-refractivity contribution in [2.45, 2.75) is 20.3 Å². The molecule has 0 atom stereocenters. The molecule has 0 spiro atoms. The maximum Gasteiger partial charge on any atom is 0.134 e. The number of nitriles is 1. The van der Waals surface area contributed by atoms with E-state index in [1.54, 1.807) is 11.3 Å². The molecule has 3 rings (SSSR count). The molecule has 0 aliphatic carbocycles. The Bertz CT molecular complexity index is 945. The van der Waals surface area contributed by atoms with Crippen LogP contribution in [-0.4, -0.2) is 4.98 Å². The van der Waals surface area contributed by atoms with Gasteiger partial charge in [-0.3, -0.25) is 0 Å². The van der Waals surface area contributed by atoms with E-state index in [0.717, 1.165) is 32.7 Å². The van der Waals surface area contributed by atoms with Crippen LogP contribution in [0.2, 0.25) is 0 Å². The van der Waals surface area contributed by atoms with Gasteiger partial charge in [-0.05, 0) is 37.1 Å². The van der Waals surface area contributed by atoms with Crippen molar-refractivity contribution in [3.8, 4) is 17.3 Å². The van der Waals surface area contributed by atoms with Gasteiger partial charge in [0.1, 0.15) is 11.1 Å². The molecule has 0 aliphatic rings. The molecule has 0 fully saturated rings. The molecule has 0 aliphatic heterocycles. The van der Waals surface area contributed by atoms with E-state index in [1.165, 1.54) is 10.4 Å². The summed E-state index contributed by atoms with van der Waals surface area (Å²) in [6.07, 6.45) is 2.79. The molecule has 1 aromatic heterocycles. The third-order valence-corrected chi connectivity index (χ3v) is 5.64. The predicted molar refractivity (Wildman–Crippen MR) is 109 cm³/mol. The van der Waals surface area contributed by atoms with Crippen LogP contribution in [0, 0.1) is 18.3 Å². The van der Waals surface area contributed by atoms with Gasteiger partial charge in [-0.25, -0.2) is 4.98 Å². The van der Waals surface area contributed by atoms with Crippen molar-refractivity contribution in [1.29, 1.82) is 5.26 Å². The summed E-state index contributed by atoms with van der Waals surface area (Å²) in [6, 6.07) is 18.6. The summed E-state index contributed by atoms with van der Waals surface area (Å²) in [5, 5.41) is 10.4. The normalized spacial score (nSPS) is 11.4. The molecule has 25 heavy (non-hydrogen) atoms. The molecule has 0 amide bonds. The fourth-order valence-corrected chi connectivity index (χ4v) is 3.76. The molecular formula is C21H17BrN2S. The van der Waals surface area contributed by atoms with Crippen molar-refractivity contribution in [3.63, 3.8) is 0 Å². The van der Waals surface area contributed by atoms with Crippen LogP contribution in [0.1, 0.15) is 27.9 Å². The standard InChI is InChI=1S/C21H17BrN2S/c1-3-19-20(16-8-4-14(2)5-9-16)24-21(25-19)17(13-23)12-15-6-10-18(22)11-7-15/h4-12H,3H2,1-2H3/b17-12-. The van der Waals surface area contributed by atoms with E-state index in [0.29, 0.717) is 5.57 Å². The van der Waals surface area contributed by atoms with E-state index < -0.39 is 0 Å². The van der Waals surface area contributed by atoms with E-state index in [2.05, 4.69) is 60.1 Å². The zero-order valence-electron chi connectivity index (χ0n) is 14.1. The lowest BCUT2D eigenvalue weighted by atomic mass is 10.1. The van der Waals surface area contributed by atoms with Crippen LogP contribution in [0.4, 0.5) is 0 Å². The SMILES string of the molecule is CCc1sc(/C(C#N)=C\c2ccc(Br)cc2)nc1-c1ccc(C)cc1. The maximum absolute atomic E-state index is 9.61. The quantitative estimate of drug-likeness (QED) is 0.461. The van der Waals surface area contributed by atoms with Gasteiger partial charge in [0.25, 0.3) is 0 Å². The molecule has 3 aromatic rings. The van der Waals surface area contributed by atoms with Crippen molar-refractivity contribution in [1.82, 2.24) is 4.98 Å². The number of rotatable bonds is 4. The number of nitrogens with zero attached hydrogens (tertiary/aromatic N) is 2. The zero-order chi connectivity index (χ0) is 17.8. The minimum Gasteiger partial charge on any atom is -0.235 e. The Labute approximate surface area is 160 Å². The number of aryl methyl sites for hydroxylation is 2. The Morgan fingerprint density at radius 1 is 1.16 bits per heavy atom. The van der Waals surface area contributed by atoms with Crippen LogP contribution >= 0.6 is 27.3 Å². The summed E-state index contributed by atoms with van der Waals surface area (Å²) in [6.45, 7) is 4.20. The van der Waals surface area contributed by atoms with Gasteiger partial charge >= 0.3 is 0 Å². The lowest BCUT2D eigenvalue weighted by Crippen LogP contribution is -1.85. The Hall–Kier alpha value is -2.22. The second-order valence-electron chi connectivity index (χ2n) is 5.73. The van der Waals surface area contributed by atoms with Crippen molar-refractivity contribution in [3.05, 3.63) is 74.0 Å². The highest BCUT2D eigenvalue weighted by molar-refractivity contribution is 9.10. The minimum absolute atomic E-state index is 0.598. The molecule has 0 unspecified atom stereocenters. The molecule has 4 heteroatoms. The first-order chi connectivity index (χ1) is 12.1. The smallest absolute Gasteiger partial charge is 0.134 e. The van der Waals surface area contributed by atoms with Gasteiger partial charge in [-0.2, -0.15) is 5.26 Å². The number of hydrogen-bond donors (Lipinski definition) is 0. The highest BCUT2D eigenvalue weighted by Crippen LogP contribution is 2.33. The second-order valence-corrected chi connectivity index (χ2v) is 7.73. The first-order valence-corrected chi connectivity index (χ1v) is 9.66. The molecular weight excluding hydrogens is 392 g/mol. The van der Waals surface area contributed by atoms with E-state index in [4.69, 9.17) is 4.98 Å². The summed E-state index contributed by atoms with van der Waals surface area (Å²) >= 11 is 5.03. The van der Waals surface area contributed by atoms with E-state index in [9.17, 15) is 5.26 Å². The summed E-state index contributed by atoms with van der Waals surface area (Å²) < 4.78 is 1.02. The zero-order valence-corrected chi connectivity index (χ0v) is 16.5. The van der Waals surface area contributed by atoms with Crippen LogP contribution in [0.15, 0.2) is 53.0 Å². The number of benzene rings is 2. The highest BCUT2D eigenvalue weighted by Gasteiger charge is 2.14. The number of halogens is 1. The molecule has 0 radical (unpaired) electrons. The van der Waals surface area contributed by atoms with Crippen molar-refractivity contribution in [2.75, 3.05) is 0 Å². The molecule has 124 valence electrons. The average molecular weight is 409 g/mol. The van der Waals surface area contributed by atoms with Crippen molar-refractivity contribution < 1.29 is 0 Å². The van der Waals surface area contributed by atoms with E-state index in [1.807, 2.05) is 30.3 Å². The summed E-state index contributed by atoms with van der Waals surface area (Å²) in [7, 11) is 0. The Kier molecular flexibility index (Phi) is 5.47. The Balaban J connectivity index is 2.03. The Morgan fingerprint density at radius 2 is 1.84 bits per heavy atom. The van der Waals surface area contributed by atoms with E-state index in [-0.39, 0.29) is 0 Å². The van der Waals surface area contributed by atoms with Crippen LogP contribution in [-0.2, 0) is 6.42 Å². The fourth-order valence-electron chi connectivity index (χ4n) is 2.51. The van der Waals surface area contributed by atoms with Gasteiger partial charge in [0.15, 0.2) is 0 Å². The fraction of sp³-hybridized carbons (Fsp3) is 0.143. The van der Waals surface area contributed by atoms with E-state index >= 15 is 0 Å². The monoisotopic (exact) mass is 408 g/mol. The van der Waals surface area contributed by atoms with Crippen LogP contribution in [0.3, 0.4) is 0 Å². The van der Waals surface area contributed by atoms with Gasteiger partial charge < -0.3 is 0 Å². The first-order valence-electron chi connectivity index (χ1n) is 8.05. The third-order valence-electron chi connectivity index (χ3n) is 3.88. The molecule has 2 nitrogen and oxygen atoms in total. The average Bonchev–Trinajstić information content (AvgIpc) is 3.06. The minimum atomic E-state index is 0.598. The number of aromatic nitrogens is 1. The van der Waals surface area contributed by atoms with Gasteiger partial charge in [-0.1, -0.05) is 64.8 Å². The summed E-state index contributed by atoms with van der Waals surface area (Å²) in [4.78, 5) is 5.99. The van der Waals surface area contributed by atoms with Gasteiger partial charge in [-0.15, -0.1) is 11.3 Å². The predicted octanol–water partition coefficient (Wildman–Crippen LogP) is 6.51. The van der Waals surface area contributed by atoms with Crippen molar-refractivity contribution >= 4 is 38.9 Å². The molecule has 2 aromatic carbocycles. The highest BCUT2D eigenvalue weighted by atomic mass is 79.9. The third kappa shape index (κ3) is 4.07. The topological polar surface area (TPSA) is 36.7 Å². The maximum atomic E-state index is 9.61. The van der Waals surface area contributed by atoms with Crippen LogP contribution in [0.25, 0.3) is 22.9 Å². The van der Waals surface area contributed by atoms with Crippen molar-refractivity contribution in [2.24, 2.45) is 0 Å². The summed E-state index contributed by atoms with van der Waals surface area (Å²) in [5.41, 5.74) is 4.90. The number of thiazole rings is 1. The molecule has 0 N–H and O–H groups in total. The molecule has 0 saturated carbocycles. The van der Waals surface area contributed by atoms with Gasteiger partial charge in [0, 0.05) is 14.9 Å². The molecule has 0 saturated heterocycles. The van der Waals surface area contributed by atoms with Crippen LogP contribution < -0.4 is 0 Å². The first kappa shape index (κ1) is 17.6. The Morgan fingerprint density at radius 3 is 2.44 bits per heavy atom. The number of allylic oxidation sites excluding steroid dienone is 1.